The van der Waals surface area contributed by atoms with E-state index in [0.717, 1.165) is 36.1 Å². The summed E-state index contributed by atoms with van der Waals surface area (Å²) in [7, 11) is 0. The molecular weight excluding hydrogens is 364 g/mol. The molecule has 0 aliphatic heterocycles. The van der Waals surface area contributed by atoms with Gasteiger partial charge in [0.1, 0.15) is 0 Å². The summed E-state index contributed by atoms with van der Waals surface area (Å²) < 4.78 is 3.99. The monoisotopic (exact) mass is 388 g/mol. The third-order valence-corrected chi connectivity index (χ3v) is 4.77. The number of carbonyl (C=O) groups is 1. The number of amides is 2. The van der Waals surface area contributed by atoms with Crippen molar-refractivity contribution in [3.8, 4) is 0 Å². The summed E-state index contributed by atoms with van der Waals surface area (Å²) in [5, 5.41) is 10.0. The van der Waals surface area contributed by atoms with Crippen molar-refractivity contribution >= 4 is 17.1 Å². The average Bonchev–Trinajstić information content (AvgIpc) is 3.41. The van der Waals surface area contributed by atoms with E-state index in [4.69, 9.17) is 0 Å². The van der Waals surface area contributed by atoms with Gasteiger partial charge in [-0.05, 0) is 35.7 Å². The van der Waals surface area contributed by atoms with Gasteiger partial charge in [0, 0.05) is 32.0 Å². The SMILES string of the molecule is O=C(NCCCn1cnc2ccccc21)NCc1ccc(Cn2cccn2)cc1. The van der Waals surface area contributed by atoms with Crippen molar-refractivity contribution in [2.45, 2.75) is 26.1 Å². The average molecular weight is 388 g/mol. The normalized spacial score (nSPS) is 10.9. The van der Waals surface area contributed by atoms with Crippen LogP contribution in [0.1, 0.15) is 17.5 Å². The number of hydrogen-bond donors (Lipinski definition) is 2. The maximum atomic E-state index is 12.0. The highest BCUT2D eigenvalue weighted by molar-refractivity contribution is 5.75. The van der Waals surface area contributed by atoms with Gasteiger partial charge < -0.3 is 15.2 Å². The number of urea groups is 1. The predicted octanol–water partition coefficient (Wildman–Crippen LogP) is 3.17. The number of aromatic nitrogens is 4. The van der Waals surface area contributed by atoms with Crippen molar-refractivity contribution in [1.82, 2.24) is 30.0 Å². The van der Waals surface area contributed by atoms with Crippen molar-refractivity contribution in [1.29, 1.82) is 0 Å². The maximum Gasteiger partial charge on any atom is 0.315 e. The van der Waals surface area contributed by atoms with E-state index in [1.165, 1.54) is 5.56 Å². The van der Waals surface area contributed by atoms with Gasteiger partial charge in [-0.15, -0.1) is 0 Å². The van der Waals surface area contributed by atoms with Crippen LogP contribution >= 0.6 is 0 Å². The number of hydrogen-bond acceptors (Lipinski definition) is 3. The van der Waals surface area contributed by atoms with E-state index in [1.807, 2.05) is 53.6 Å². The first-order valence-corrected chi connectivity index (χ1v) is 9.75. The highest BCUT2D eigenvalue weighted by Gasteiger charge is 2.03. The van der Waals surface area contributed by atoms with Crippen LogP contribution in [0.15, 0.2) is 73.3 Å². The van der Waals surface area contributed by atoms with E-state index in [-0.39, 0.29) is 6.03 Å². The predicted molar refractivity (Wildman–Crippen MR) is 112 cm³/mol. The number of nitrogens with zero attached hydrogens (tertiary/aromatic N) is 4. The molecule has 0 atom stereocenters. The number of aryl methyl sites for hydroxylation is 1. The lowest BCUT2D eigenvalue weighted by Gasteiger charge is -2.09. The Labute approximate surface area is 169 Å². The summed E-state index contributed by atoms with van der Waals surface area (Å²) in [6.07, 6.45) is 6.40. The molecule has 0 unspecified atom stereocenters. The maximum absolute atomic E-state index is 12.0. The summed E-state index contributed by atoms with van der Waals surface area (Å²) in [4.78, 5) is 16.4. The lowest BCUT2D eigenvalue weighted by molar-refractivity contribution is 0.240. The fourth-order valence-electron chi connectivity index (χ4n) is 3.23. The zero-order chi connectivity index (χ0) is 19.9. The van der Waals surface area contributed by atoms with Gasteiger partial charge in [-0.2, -0.15) is 5.10 Å². The Bertz CT molecular complexity index is 1050. The molecule has 2 amide bonds. The van der Waals surface area contributed by atoms with Gasteiger partial charge in [-0.3, -0.25) is 4.68 Å². The second-order valence-electron chi connectivity index (χ2n) is 6.91. The number of imidazole rings is 1. The smallest absolute Gasteiger partial charge is 0.315 e. The van der Waals surface area contributed by atoms with Crippen molar-refractivity contribution in [3.63, 3.8) is 0 Å². The minimum atomic E-state index is -0.152. The molecule has 148 valence electrons. The molecule has 2 aromatic carbocycles. The third-order valence-electron chi connectivity index (χ3n) is 4.77. The van der Waals surface area contributed by atoms with Crippen LogP contribution in [0.25, 0.3) is 11.0 Å². The van der Waals surface area contributed by atoms with Crippen LogP contribution in [0.3, 0.4) is 0 Å². The number of fused-ring (bicyclic) bond motifs is 1. The Morgan fingerprint density at radius 2 is 1.79 bits per heavy atom. The molecule has 0 aliphatic rings. The quantitative estimate of drug-likeness (QED) is 0.455. The van der Waals surface area contributed by atoms with Gasteiger partial charge in [0.15, 0.2) is 0 Å². The summed E-state index contributed by atoms with van der Waals surface area (Å²) in [5.41, 5.74) is 4.35. The highest BCUT2D eigenvalue weighted by atomic mass is 16.2. The van der Waals surface area contributed by atoms with E-state index in [0.29, 0.717) is 13.1 Å². The Kier molecular flexibility index (Phi) is 5.85. The summed E-state index contributed by atoms with van der Waals surface area (Å²) in [5.74, 6) is 0. The highest BCUT2D eigenvalue weighted by Crippen LogP contribution is 2.11. The van der Waals surface area contributed by atoms with E-state index >= 15 is 0 Å². The van der Waals surface area contributed by atoms with Crippen molar-refractivity contribution in [2.24, 2.45) is 0 Å². The Balaban J connectivity index is 1.16. The fourth-order valence-corrected chi connectivity index (χ4v) is 3.23. The van der Waals surface area contributed by atoms with Gasteiger partial charge >= 0.3 is 6.03 Å². The molecule has 29 heavy (non-hydrogen) atoms. The number of para-hydroxylation sites is 2. The van der Waals surface area contributed by atoms with Crippen LogP contribution in [-0.2, 0) is 19.6 Å². The van der Waals surface area contributed by atoms with Gasteiger partial charge in [0.2, 0.25) is 0 Å². The summed E-state index contributed by atoms with van der Waals surface area (Å²) >= 11 is 0. The van der Waals surface area contributed by atoms with E-state index in [9.17, 15) is 4.79 Å². The van der Waals surface area contributed by atoms with Crippen LogP contribution in [-0.4, -0.2) is 31.9 Å². The Hall–Kier alpha value is -3.61. The first-order chi connectivity index (χ1) is 14.3. The van der Waals surface area contributed by atoms with Crippen molar-refractivity contribution in [3.05, 3.63) is 84.4 Å². The van der Waals surface area contributed by atoms with E-state index in [1.54, 1.807) is 6.20 Å². The van der Waals surface area contributed by atoms with Gasteiger partial charge in [0.05, 0.1) is 23.9 Å². The minimum Gasteiger partial charge on any atom is -0.338 e. The molecule has 0 fully saturated rings. The fraction of sp³-hybridized carbons (Fsp3) is 0.227. The molecular formula is C22H24N6O. The largest absolute Gasteiger partial charge is 0.338 e. The molecule has 0 radical (unpaired) electrons. The minimum absolute atomic E-state index is 0.152. The van der Waals surface area contributed by atoms with Crippen molar-refractivity contribution in [2.75, 3.05) is 6.54 Å². The molecule has 7 heteroatoms. The first kappa shape index (κ1) is 18.7. The lowest BCUT2D eigenvalue weighted by Crippen LogP contribution is -2.35. The molecule has 7 nitrogen and oxygen atoms in total. The van der Waals surface area contributed by atoms with Crippen LogP contribution in [0, 0.1) is 0 Å². The molecule has 0 saturated heterocycles. The molecule has 0 saturated carbocycles. The number of carbonyl (C=O) groups excluding carboxylic acids is 1. The van der Waals surface area contributed by atoms with Gasteiger partial charge in [-0.25, -0.2) is 9.78 Å². The topological polar surface area (TPSA) is 76.8 Å². The van der Waals surface area contributed by atoms with Crippen LogP contribution < -0.4 is 10.6 Å². The summed E-state index contributed by atoms with van der Waals surface area (Å²) in [6.45, 7) is 2.67. The number of rotatable bonds is 8. The zero-order valence-corrected chi connectivity index (χ0v) is 16.2. The number of benzene rings is 2. The standard InChI is InChI=1S/C22H24N6O/c29-22(23-11-3-13-27-17-25-20-5-1-2-6-21(20)27)24-15-18-7-9-19(10-8-18)16-28-14-4-12-26-28/h1-2,4-10,12,14,17H,3,11,13,15-16H2,(H2,23,24,29). The van der Waals surface area contributed by atoms with E-state index < -0.39 is 0 Å². The van der Waals surface area contributed by atoms with Gasteiger partial charge in [0.25, 0.3) is 0 Å². The number of nitrogens with one attached hydrogen (secondary N) is 2. The molecule has 4 rings (SSSR count). The molecule has 2 N–H and O–H groups in total. The van der Waals surface area contributed by atoms with Crippen LogP contribution in [0.5, 0.6) is 0 Å². The van der Waals surface area contributed by atoms with Crippen LogP contribution in [0.4, 0.5) is 4.79 Å². The molecule has 2 aromatic heterocycles. The molecule has 0 spiro atoms. The summed E-state index contributed by atoms with van der Waals surface area (Å²) in [6, 6.07) is 18.0. The Morgan fingerprint density at radius 1 is 0.966 bits per heavy atom. The zero-order valence-electron chi connectivity index (χ0n) is 16.2. The van der Waals surface area contributed by atoms with Crippen LogP contribution in [0.2, 0.25) is 0 Å². The molecule has 0 aliphatic carbocycles. The van der Waals surface area contributed by atoms with E-state index in [2.05, 4.69) is 43.5 Å². The lowest BCUT2D eigenvalue weighted by atomic mass is 10.1. The van der Waals surface area contributed by atoms with Gasteiger partial charge in [-0.1, -0.05) is 36.4 Å². The second-order valence-corrected chi connectivity index (χ2v) is 6.91. The first-order valence-electron chi connectivity index (χ1n) is 9.75. The second kappa shape index (κ2) is 9.05. The Morgan fingerprint density at radius 3 is 2.62 bits per heavy atom. The third kappa shape index (κ3) is 5.01. The molecule has 4 aromatic rings. The van der Waals surface area contributed by atoms with Crippen molar-refractivity contribution < 1.29 is 4.79 Å². The molecule has 2 heterocycles. The molecule has 0 bridgehead atoms.